The van der Waals surface area contributed by atoms with E-state index >= 15 is 0 Å². The molecule has 0 aliphatic heterocycles. The van der Waals surface area contributed by atoms with Crippen LogP contribution in [0.3, 0.4) is 0 Å². The Balaban J connectivity index is 1.53. The van der Waals surface area contributed by atoms with Gasteiger partial charge in [0.1, 0.15) is 5.75 Å². The average Bonchev–Trinajstić information content (AvgIpc) is 3.28. The quantitative estimate of drug-likeness (QED) is 0.395. The summed E-state index contributed by atoms with van der Waals surface area (Å²) in [7, 11) is 0. The van der Waals surface area contributed by atoms with Crippen molar-refractivity contribution in [2.75, 3.05) is 0 Å². The fourth-order valence-corrected chi connectivity index (χ4v) is 3.52. The molecule has 4 nitrogen and oxygen atoms in total. The van der Waals surface area contributed by atoms with Crippen molar-refractivity contribution in [3.63, 3.8) is 0 Å². The lowest BCUT2D eigenvalue weighted by Crippen LogP contribution is -2.30. The van der Waals surface area contributed by atoms with Gasteiger partial charge in [-0.1, -0.05) is 72.0 Å². The molecule has 0 saturated heterocycles. The third-order valence-electron chi connectivity index (χ3n) is 4.44. The molecule has 5 heteroatoms. The van der Waals surface area contributed by atoms with Gasteiger partial charge in [-0.2, -0.15) is 0 Å². The van der Waals surface area contributed by atoms with E-state index in [0.29, 0.717) is 29.6 Å². The van der Waals surface area contributed by atoms with E-state index < -0.39 is 0 Å². The first-order chi connectivity index (χ1) is 14.3. The van der Waals surface area contributed by atoms with E-state index in [0.717, 1.165) is 11.1 Å². The molecule has 1 amide bonds. The minimum absolute atomic E-state index is 0.0153. The van der Waals surface area contributed by atoms with Crippen LogP contribution in [0.25, 0.3) is 0 Å². The van der Waals surface area contributed by atoms with E-state index in [-0.39, 0.29) is 5.91 Å². The van der Waals surface area contributed by atoms with Gasteiger partial charge in [0.15, 0.2) is 0 Å². The van der Waals surface area contributed by atoms with Gasteiger partial charge >= 0.3 is 0 Å². The van der Waals surface area contributed by atoms with Crippen LogP contribution in [-0.4, -0.2) is 15.8 Å². The van der Waals surface area contributed by atoms with Crippen LogP contribution in [0.5, 0.6) is 10.9 Å². The average molecular weight is 401 g/mol. The summed E-state index contributed by atoms with van der Waals surface area (Å²) in [6.07, 6.45) is 1.70. The van der Waals surface area contributed by atoms with Crippen LogP contribution < -0.4 is 4.74 Å². The molecule has 1 aromatic heterocycles. The summed E-state index contributed by atoms with van der Waals surface area (Å²) in [5, 5.41) is 2.44. The highest BCUT2D eigenvalue weighted by atomic mass is 32.1. The van der Waals surface area contributed by atoms with E-state index in [2.05, 4.69) is 4.98 Å². The van der Waals surface area contributed by atoms with Crippen molar-refractivity contribution < 1.29 is 9.53 Å². The van der Waals surface area contributed by atoms with E-state index in [1.165, 1.54) is 11.3 Å². The van der Waals surface area contributed by atoms with Gasteiger partial charge in [-0.15, -0.1) is 0 Å². The molecule has 0 aliphatic rings. The molecule has 0 aliphatic carbocycles. The number of amides is 1. The molecular formula is C24H20N2O2S. The monoisotopic (exact) mass is 400 g/mol. The number of carbonyl (C=O) groups excluding carboxylic acids is 1. The lowest BCUT2D eigenvalue weighted by Gasteiger charge is -2.23. The molecule has 3 aromatic carbocycles. The molecule has 0 atom stereocenters. The third-order valence-corrected chi connectivity index (χ3v) is 5.08. The zero-order valence-corrected chi connectivity index (χ0v) is 16.6. The van der Waals surface area contributed by atoms with Crippen LogP contribution in [0.15, 0.2) is 96.5 Å². The molecule has 144 valence electrons. The number of aromatic nitrogens is 1. The van der Waals surface area contributed by atoms with Crippen molar-refractivity contribution in [1.29, 1.82) is 0 Å². The standard InChI is InChI=1S/C24H20N2O2S/c27-23(21-11-13-22(14-12-21)28-24-25-15-16-29-24)26(17-19-7-3-1-4-8-19)18-20-9-5-2-6-10-20/h1-16H,17-18H2. The zero-order chi connectivity index (χ0) is 19.9. The van der Waals surface area contributed by atoms with Crippen LogP contribution in [0.4, 0.5) is 0 Å². The molecule has 0 fully saturated rings. The summed E-state index contributed by atoms with van der Waals surface area (Å²) in [4.78, 5) is 19.2. The Hall–Kier alpha value is -3.44. The highest BCUT2D eigenvalue weighted by Gasteiger charge is 2.17. The van der Waals surface area contributed by atoms with Gasteiger partial charge in [0.2, 0.25) is 0 Å². The van der Waals surface area contributed by atoms with Gasteiger partial charge in [0.05, 0.1) is 0 Å². The highest BCUT2D eigenvalue weighted by molar-refractivity contribution is 7.11. The Morgan fingerprint density at radius 1 is 0.828 bits per heavy atom. The number of carbonyl (C=O) groups is 1. The van der Waals surface area contributed by atoms with Crippen molar-refractivity contribution in [3.8, 4) is 10.9 Å². The van der Waals surface area contributed by atoms with E-state index in [1.807, 2.05) is 70.9 Å². The number of benzene rings is 3. The summed E-state index contributed by atoms with van der Waals surface area (Å²) < 4.78 is 5.69. The van der Waals surface area contributed by atoms with Crippen LogP contribution in [0, 0.1) is 0 Å². The van der Waals surface area contributed by atoms with E-state index in [4.69, 9.17) is 4.74 Å². The van der Waals surface area contributed by atoms with Gasteiger partial charge < -0.3 is 9.64 Å². The Morgan fingerprint density at radius 3 is 1.93 bits per heavy atom. The van der Waals surface area contributed by atoms with Gasteiger partial charge in [0, 0.05) is 30.2 Å². The van der Waals surface area contributed by atoms with Crippen LogP contribution in [0.2, 0.25) is 0 Å². The minimum atomic E-state index is -0.0153. The van der Waals surface area contributed by atoms with Crippen molar-refractivity contribution in [3.05, 3.63) is 113 Å². The van der Waals surface area contributed by atoms with Gasteiger partial charge in [-0.25, -0.2) is 4.98 Å². The smallest absolute Gasteiger partial charge is 0.278 e. The van der Waals surface area contributed by atoms with Gasteiger partial charge in [-0.3, -0.25) is 4.79 Å². The molecule has 4 aromatic rings. The normalized spacial score (nSPS) is 10.5. The summed E-state index contributed by atoms with van der Waals surface area (Å²) in [5.41, 5.74) is 2.82. The van der Waals surface area contributed by atoms with Crippen LogP contribution >= 0.6 is 11.3 Å². The molecule has 1 heterocycles. The number of nitrogens with zero attached hydrogens (tertiary/aromatic N) is 2. The third kappa shape index (κ3) is 5.09. The first-order valence-corrected chi connectivity index (χ1v) is 10.2. The Labute approximate surface area is 174 Å². The van der Waals surface area contributed by atoms with Crippen molar-refractivity contribution in [1.82, 2.24) is 9.88 Å². The molecule has 0 N–H and O–H groups in total. The molecule has 0 saturated carbocycles. The molecular weight excluding hydrogens is 380 g/mol. The molecule has 4 rings (SSSR count). The first kappa shape index (κ1) is 18.9. The fourth-order valence-electron chi connectivity index (χ4n) is 3.02. The topological polar surface area (TPSA) is 42.4 Å². The number of ether oxygens (including phenoxy) is 1. The maximum Gasteiger partial charge on any atom is 0.278 e. The second-order valence-corrected chi connectivity index (χ2v) is 7.41. The largest absolute Gasteiger partial charge is 0.431 e. The maximum atomic E-state index is 13.3. The maximum absolute atomic E-state index is 13.3. The van der Waals surface area contributed by atoms with Crippen molar-refractivity contribution >= 4 is 17.2 Å². The summed E-state index contributed by atoms with van der Waals surface area (Å²) in [5.74, 6) is 0.646. The van der Waals surface area contributed by atoms with Crippen LogP contribution in [-0.2, 0) is 13.1 Å². The lowest BCUT2D eigenvalue weighted by molar-refractivity contribution is 0.0730. The number of hydrogen-bond donors (Lipinski definition) is 0. The van der Waals surface area contributed by atoms with Gasteiger partial charge in [-0.05, 0) is 35.4 Å². The zero-order valence-electron chi connectivity index (χ0n) is 15.8. The summed E-state index contributed by atoms with van der Waals surface area (Å²) in [6, 6.07) is 27.3. The van der Waals surface area contributed by atoms with E-state index in [1.54, 1.807) is 30.5 Å². The first-order valence-electron chi connectivity index (χ1n) is 9.32. The number of thiazole rings is 1. The molecule has 0 bridgehead atoms. The second kappa shape index (κ2) is 9.17. The molecule has 0 unspecified atom stereocenters. The predicted octanol–water partition coefficient (Wildman–Crippen LogP) is 5.78. The Morgan fingerprint density at radius 2 is 1.41 bits per heavy atom. The Bertz CT molecular complexity index is 992. The van der Waals surface area contributed by atoms with Crippen molar-refractivity contribution in [2.24, 2.45) is 0 Å². The SMILES string of the molecule is O=C(c1ccc(Oc2nccs2)cc1)N(Cc1ccccc1)Cc1ccccc1. The van der Waals surface area contributed by atoms with Gasteiger partial charge in [0.25, 0.3) is 11.1 Å². The summed E-state index contributed by atoms with van der Waals surface area (Å²) >= 11 is 1.43. The number of rotatable bonds is 7. The molecule has 0 radical (unpaired) electrons. The van der Waals surface area contributed by atoms with Crippen LogP contribution in [0.1, 0.15) is 21.5 Å². The molecule has 0 spiro atoms. The Kier molecular flexibility index (Phi) is 5.98. The second-order valence-electron chi connectivity index (χ2n) is 6.56. The van der Waals surface area contributed by atoms with E-state index in [9.17, 15) is 4.79 Å². The fraction of sp³-hybridized carbons (Fsp3) is 0.0833. The highest BCUT2D eigenvalue weighted by Crippen LogP contribution is 2.24. The molecule has 29 heavy (non-hydrogen) atoms. The van der Waals surface area contributed by atoms with Crippen molar-refractivity contribution in [2.45, 2.75) is 13.1 Å². The summed E-state index contributed by atoms with van der Waals surface area (Å²) in [6.45, 7) is 1.10. The lowest BCUT2D eigenvalue weighted by atomic mass is 10.1. The number of hydrogen-bond acceptors (Lipinski definition) is 4. The predicted molar refractivity (Wildman–Crippen MR) is 115 cm³/mol. The minimum Gasteiger partial charge on any atom is -0.431 e.